The van der Waals surface area contributed by atoms with Gasteiger partial charge in [0.1, 0.15) is 11.5 Å². The van der Waals surface area contributed by atoms with Crippen molar-refractivity contribution in [2.45, 2.75) is 18.9 Å². The molecule has 26 heavy (non-hydrogen) atoms. The number of nitrogens with zero attached hydrogens (tertiary/aromatic N) is 1. The van der Waals surface area contributed by atoms with Crippen LogP contribution in [0.15, 0.2) is 42.5 Å². The average molecular weight is 358 g/mol. The first-order valence-electron chi connectivity index (χ1n) is 8.41. The Bertz CT molecular complexity index is 729. The molecular weight excluding hydrogens is 332 g/mol. The van der Waals surface area contributed by atoms with Gasteiger partial charge >= 0.3 is 0 Å². The first-order valence-corrected chi connectivity index (χ1v) is 8.41. The van der Waals surface area contributed by atoms with E-state index in [1.165, 1.54) is 7.11 Å². The summed E-state index contributed by atoms with van der Waals surface area (Å²) in [6, 6.07) is 12.8. The number of hydrogen-bond donors (Lipinski definition) is 2. The Morgan fingerprint density at radius 2 is 1.81 bits per heavy atom. The van der Waals surface area contributed by atoms with E-state index in [9.17, 15) is 9.90 Å². The molecular formula is C20H26N2O4. The Hall–Kier alpha value is -2.73. The highest BCUT2D eigenvalue weighted by Gasteiger charge is 2.16. The summed E-state index contributed by atoms with van der Waals surface area (Å²) in [5, 5.41) is 13.2. The number of aliphatic hydroxyl groups is 1. The van der Waals surface area contributed by atoms with Crippen molar-refractivity contribution in [2.75, 3.05) is 38.5 Å². The Morgan fingerprint density at radius 3 is 2.38 bits per heavy atom. The van der Waals surface area contributed by atoms with Crippen molar-refractivity contribution in [2.24, 2.45) is 0 Å². The van der Waals surface area contributed by atoms with Gasteiger partial charge in [0, 0.05) is 43.5 Å². The van der Waals surface area contributed by atoms with Crippen molar-refractivity contribution in [3.63, 3.8) is 0 Å². The molecule has 0 aliphatic heterocycles. The fourth-order valence-electron chi connectivity index (χ4n) is 2.58. The predicted molar refractivity (Wildman–Crippen MR) is 103 cm³/mol. The van der Waals surface area contributed by atoms with Crippen LogP contribution in [-0.4, -0.2) is 39.3 Å². The Morgan fingerprint density at radius 1 is 1.12 bits per heavy atom. The standard InChI is InChI=1S/C20H26N2O4/c1-22(2)15-7-5-14(6-8-15)21-20(24)12-11-18(23)17-10-9-16(25-3)13-19(17)26-4/h5-10,13,18,23H,11-12H2,1-4H3,(H,21,24). The molecule has 1 amide bonds. The zero-order valence-electron chi connectivity index (χ0n) is 15.7. The second-order valence-electron chi connectivity index (χ2n) is 6.15. The molecule has 2 aromatic rings. The van der Waals surface area contributed by atoms with Crippen LogP contribution in [0.4, 0.5) is 11.4 Å². The van der Waals surface area contributed by atoms with Crippen molar-refractivity contribution in [1.29, 1.82) is 0 Å². The lowest BCUT2D eigenvalue weighted by molar-refractivity contribution is -0.116. The van der Waals surface area contributed by atoms with Crippen LogP contribution in [0.2, 0.25) is 0 Å². The van der Waals surface area contributed by atoms with E-state index in [4.69, 9.17) is 9.47 Å². The van der Waals surface area contributed by atoms with E-state index < -0.39 is 6.10 Å². The summed E-state index contributed by atoms with van der Waals surface area (Å²) < 4.78 is 10.4. The van der Waals surface area contributed by atoms with Crippen molar-refractivity contribution in [3.8, 4) is 11.5 Å². The van der Waals surface area contributed by atoms with E-state index in [0.29, 0.717) is 23.5 Å². The molecule has 6 heteroatoms. The van der Waals surface area contributed by atoms with E-state index in [-0.39, 0.29) is 12.3 Å². The van der Waals surface area contributed by atoms with Crippen molar-refractivity contribution in [3.05, 3.63) is 48.0 Å². The maximum absolute atomic E-state index is 12.1. The van der Waals surface area contributed by atoms with Gasteiger partial charge in [-0.1, -0.05) is 0 Å². The van der Waals surface area contributed by atoms with Crippen LogP contribution >= 0.6 is 0 Å². The number of benzene rings is 2. The third-order valence-corrected chi connectivity index (χ3v) is 4.11. The molecule has 2 aromatic carbocycles. The molecule has 0 saturated carbocycles. The minimum atomic E-state index is -0.794. The maximum atomic E-state index is 12.1. The van der Waals surface area contributed by atoms with Crippen molar-refractivity contribution in [1.82, 2.24) is 0 Å². The lowest BCUT2D eigenvalue weighted by Gasteiger charge is -2.16. The highest BCUT2D eigenvalue weighted by molar-refractivity contribution is 5.90. The highest BCUT2D eigenvalue weighted by atomic mass is 16.5. The molecule has 1 unspecified atom stereocenters. The fraction of sp³-hybridized carbons (Fsp3) is 0.350. The largest absolute Gasteiger partial charge is 0.497 e. The van der Waals surface area contributed by atoms with Crippen LogP contribution in [0.25, 0.3) is 0 Å². The summed E-state index contributed by atoms with van der Waals surface area (Å²) in [4.78, 5) is 14.1. The van der Waals surface area contributed by atoms with Gasteiger partial charge in [-0.15, -0.1) is 0 Å². The molecule has 140 valence electrons. The molecule has 6 nitrogen and oxygen atoms in total. The Balaban J connectivity index is 1.92. The van der Waals surface area contributed by atoms with Gasteiger partial charge in [-0.3, -0.25) is 4.79 Å². The molecule has 0 spiro atoms. The van der Waals surface area contributed by atoms with Gasteiger partial charge in [-0.25, -0.2) is 0 Å². The fourth-order valence-corrected chi connectivity index (χ4v) is 2.58. The molecule has 0 fully saturated rings. The smallest absolute Gasteiger partial charge is 0.224 e. The normalized spacial score (nSPS) is 11.6. The van der Waals surface area contributed by atoms with Gasteiger partial charge in [-0.2, -0.15) is 0 Å². The lowest BCUT2D eigenvalue weighted by Crippen LogP contribution is -2.13. The third kappa shape index (κ3) is 5.13. The van der Waals surface area contributed by atoms with Crippen molar-refractivity contribution >= 4 is 17.3 Å². The van der Waals surface area contributed by atoms with E-state index in [2.05, 4.69) is 5.32 Å². The molecule has 0 aliphatic rings. The van der Waals surface area contributed by atoms with Crippen LogP contribution in [0, 0.1) is 0 Å². The van der Waals surface area contributed by atoms with Crippen LogP contribution in [0.3, 0.4) is 0 Å². The first kappa shape index (κ1) is 19.6. The minimum Gasteiger partial charge on any atom is -0.497 e. The number of rotatable bonds is 8. The molecule has 0 aliphatic carbocycles. The topological polar surface area (TPSA) is 71.0 Å². The average Bonchev–Trinajstić information content (AvgIpc) is 2.65. The molecule has 2 N–H and O–H groups in total. The van der Waals surface area contributed by atoms with Gasteiger partial charge in [0.25, 0.3) is 0 Å². The summed E-state index contributed by atoms with van der Waals surface area (Å²) in [6.45, 7) is 0. The van der Waals surface area contributed by atoms with E-state index in [0.717, 1.165) is 11.4 Å². The van der Waals surface area contributed by atoms with Crippen LogP contribution in [-0.2, 0) is 4.79 Å². The van der Waals surface area contributed by atoms with Gasteiger partial charge in [0.2, 0.25) is 5.91 Å². The van der Waals surface area contributed by atoms with Gasteiger partial charge in [0.15, 0.2) is 0 Å². The SMILES string of the molecule is COc1ccc(C(O)CCC(=O)Nc2ccc(N(C)C)cc2)c(OC)c1. The second-order valence-corrected chi connectivity index (χ2v) is 6.15. The molecule has 0 aromatic heterocycles. The van der Waals surface area contributed by atoms with Crippen LogP contribution in [0.1, 0.15) is 24.5 Å². The number of hydrogen-bond acceptors (Lipinski definition) is 5. The van der Waals surface area contributed by atoms with E-state index >= 15 is 0 Å². The number of carbonyl (C=O) groups is 1. The predicted octanol–water partition coefficient (Wildman–Crippen LogP) is 3.22. The number of methoxy groups -OCH3 is 2. The quantitative estimate of drug-likeness (QED) is 0.758. The minimum absolute atomic E-state index is 0.144. The maximum Gasteiger partial charge on any atom is 0.224 e. The van der Waals surface area contributed by atoms with E-state index in [1.807, 2.05) is 43.3 Å². The highest BCUT2D eigenvalue weighted by Crippen LogP contribution is 2.31. The number of amides is 1. The van der Waals surface area contributed by atoms with Gasteiger partial charge < -0.3 is 24.8 Å². The molecule has 2 rings (SSSR count). The number of carbonyl (C=O) groups excluding carboxylic acids is 1. The molecule has 1 atom stereocenters. The first-order chi connectivity index (χ1) is 12.4. The zero-order chi connectivity index (χ0) is 19.1. The van der Waals surface area contributed by atoms with E-state index in [1.54, 1.807) is 25.3 Å². The number of anilines is 2. The molecule has 0 bridgehead atoms. The summed E-state index contributed by atoms with van der Waals surface area (Å²) in [6.07, 6.45) is -0.298. The van der Waals surface area contributed by atoms with Gasteiger partial charge in [-0.05, 0) is 42.8 Å². The number of nitrogens with one attached hydrogen (secondary N) is 1. The number of aliphatic hydroxyl groups excluding tert-OH is 1. The lowest BCUT2D eigenvalue weighted by atomic mass is 10.0. The second kappa shape index (κ2) is 9.10. The molecule has 0 radical (unpaired) electrons. The third-order valence-electron chi connectivity index (χ3n) is 4.11. The summed E-state index contributed by atoms with van der Waals surface area (Å²) in [5.41, 5.74) is 2.43. The van der Waals surface area contributed by atoms with Gasteiger partial charge in [0.05, 0.1) is 20.3 Å². The summed E-state index contributed by atoms with van der Waals surface area (Å²) in [7, 11) is 7.03. The van der Waals surface area contributed by atoms with Crippen LogP contribution in [0.5, 0.6) is 11.5 Å². The number of ether oxygens (including phenoxy) is 2. The Kier molecular flexibility index (Phi) is 6.86. The monoisotopic (exact) mass is 358 g/mol. The summed E-state index contributed by atoms with van der Waals surface area (Å²) in [5.74, 6) is 1.04. The summed E-state index contributed by atoms with van der Waals surface area (Å²) >= 11 is 0. The van der Waals surface area contributed by atoms with Crippen LogP contribution < -0.4 is 19.7 Å². The molecule has 0 heterocycles. The Labute approximate surface area is 154 Å². The van der Waals surface area contributed by atoms with Crippen molar-refractivity contribution < 1.29 is 19.4 Å². The zero-order valence-corrected chi connectivity index (χ0v) is 15.7. The molecule has 0 saturated heterocycles.